The molecule has 0 aliphatic rings. The zero-order valence-electron chi connectivity index (χ0n) is 12.2. The number of Topliss-reactive ketones (excluding diaryl/α,β-unsaturated/α-hetero) is 1. The van der Waals surface area contributed by atoms with Gasteiger partial charge in [0.15, 0.2) is 5.78 Å². The van der Waals surface area contributed by atoms with Crippen molar-refractivity contribution >= 4 is 17.8 Å². The predicted molar refractivity (Wildman–Crippen MR) is 85.1 cm³/mol. The standard InChI is InChI=1S/C18H17NO3/c1-13(20)16(11-15-9-5-6-10-17(15)21)18(22)19-12-14-7-3-2-4-8-14/h2-11,21H,12H2,1H3,(H,19,22)/b16-11-. The third kappa shape index (κ3) is 4.06. The fourth-order valence-electron chi connectivity index (χ4n) is 1.97. The molecule has 4 heteroatoms. The Morgan fingerprint density at radius 1 is 1.05 bits per heavy atom. The molecule has 0 fully saturated rings. The van der Waals surface area contributed by atoms with Crippen molar-refractivity contribution in [1.29, 1.82) is 0 Å². The van der Waals surface area contributed by atoms with Crippen LogP contribution in [0.5, 0.6) is 5.75 Å². The van der Waals surface area contributed by atoms with Crippen LogP contribution in [0, 0.1) is 0 Å². The normalized spacial score (nSPS) is 11.0. The van der Waals surface area contributed by atoms with Crippen molar-refractivity contribution in [1.82, 2.24) is 5.32 Å². The second-order valence-electron chi connectivity index (χ2n) is 4.84. The van der Waals surface area contributed by atoms with E-state index in [0.717, 1.165) is 5.56 Å². The van der Waals surface area contributed by atoms with E-state index in [-0.39, 0.29) is 17.1 Å². The number of amides is 1. The van der Waals surface area contributed by atoms with Gasteiger partial charge in [-0.05, 0) is 24.6 Å². The van der Waals surface area contributed by atoms with Gasteiger partial charge in [-0.15, -0.1) is 0 Å². The number of phenols is 1. The molecule has 0 aliphatic heterocycles. The van der Waals surface area contributed by atoms with E-state index < -0.39 is 5.91 Å². The average Bonchev–Trinajstić information content (AvgIpc) is 2.52. The number of ketones is 1. The third-order valence-electron chi connectivity index (χ3n) is 3.16. The Balaban J connectivity index is 2.16. The summed E-state index contributed by atoms with van der Waals surface area (Å²) in [5, 5.41) is 12.5. The Hall–Kier alpha value is -2.88. The average molecular weight is 295 g/mol. The van der Waals surface area contributed by atoms with Gasteiger partial charge < -0.3 is 10.4 Å². The lowest BCUT2D eigenvalue weighted by Crippen LogP contribution is -2.27. The van der Waals surface area contributed by atoms with E-state index in [4.69, 9.17) is 0 Å². The summed E-state index contributed by atoms with van der Waals surface area (Å²) in [7, 11) is 0. The summed E-state index contributed by atoms with van der Waals surface area (Å²) in [6, 6.07) is 16.0. The van der Waals surface area contributed by atoms with Gasteiger partial charge in [-0.1, -0.05) is 48.5 Å². The van der Waals surface area contributed by atoms with Crippen molar-refractivity contribution in [2.75, 3.05) is 0 Å². The van der Waals surface area contributed by atoms with Crippen molar-refractivity contribution in [2.45, 2.75) is 13.5 Å². The van der Waals surface area contributed by atoms with Crippen molar-refractivity contribution in [2.24, 2.45) is 0 Å². The van der Waals surface area contributed by atoms with Gasteiger partial charge in [0.1, 0.15) is 5.75 Å². The molecule has 2 aromatic carbocycles. The van der Waals surface area contributed by atoms with E-state index in [1.807, 2.05) is 30.3 Å². The number of rotatable bonds is 5. The molecule has 2 N–H and O–H groups in total. The Labute approximate surface area is 129 Å². The van der Waals surface area contributed by atoms with Crippen LogP contribution >= 0.6 is 0 Å². The molecule has 0 atom stereocenters. The van der Waals surface area contributed by atoms with E-state index >= 15 is 0 Å². The van der Waals surface area contributed by atoms with Crippen molar-refractivity contribution in [3.05, 3.63) is 71.3 Å². The van der Waals surface area contributed by atoms with Crippen molar-refractivity contribution in [3.63, 3.8) is 0 Å². The lowest BCUT2D eigenvalue weighted by molar-refractivity contribution is -0.121. The molecular formula is C18H17NO3. The number of hydrogen-bond acceptors (Lipinski definition) is 3. The monoisotopic (exact) mass is 295 g/mol. The van der Waals surface area contributed by atoms with Gasteiger partial charge in [0, 0.05) is 12.1 Å². The Morgan fingerprint density at radius 3 is 2.32 bits per heavy atom. The number of aromatic hydroxyl groups is 1. The van der Waals surface area contributed by atoms with Crippen LogP contribution in [0.1, 0.15) is 18.1 Å². The minimum Gasteiger partial charge on any atom is -0.507 e. The number of carbonyl (C=O) groups excluding carboxylic acids is 2. The highest BCUT2D eigenvalue weighted by Crippen LogP contribution is 2.19. The lowest BCUT2D eigenvalue weighted by Gasteiger charge is -2.07. The molecule has 4 nitrogen and oxygen atoms in total. The van der Waals surface area contributed by atoms with Crippen LogP contribution in [0.25, 0.3) is 6.08 Å². The third-order valence-corrected chi connectivity index (χ3v) is 3.16. The van der Waals surface area contributed by atoms with E-state index in [2.05, 4.69) is 5.32 Å². The van der Waals surface area contributed by atoms with Gasteiger partial charge >= 0.3 is 0 Å². The molecule has 0 saturated heterocycles. The molecule has 0 aliphatic carbocycles. The maximum absolute atomic E-state index is 12.2. The van der Waals surface area contributed by atoms with Crippen LogP contribution in [0.15, 0.2) is 60.2 Å². The molecule has 0 radical (unpaired) electrons. The number of hydrogen-bond donors (Lipinski definition) is 2. The number of phenolic OH excluding ortho intramolecular Hbond substituents is 1. The van der Waals surface area contributed by atoms with Crippen molar-refractivity contribution in [3.8, 4) is 5.75 Å². The summed E-state index contributed by atoms with van der Waals surface area (Å²) >= 11 is 0. The first-order chi connectivity index (χ1) is 10.6. The molecule has 1 amide bonds. The Kier molecular flexibility index (Phi) is 5.09. The molecule has 22 heavy (non-hydrogen) atoms. The Morgan fingerprint density at radius 2 is 1.68 bits per heavy atom. The van der Waals surface area contributed by atoms with Crippen LogP contribution in [0.2, 0.25) is 0 Å². The maximum Gasteiger partial charge on any atom is 0.255 e. The molecule has 0 heterocycles. The molecular weight excluding hydrogens is 278 g/mol. The fourth-order valence-corrected chi connectivity index (χ4v) is 1.97. The van der Waals surface area contributed by atoms with E-state index in [0.29, 0.717) is 12.1 Å². The summed E-state index contributed by atoms with van der Waals surface area (Å²) in [5.74, 6) is -0.787. The molecule has 2 aromatic rings. The quantitative estimate of drug-likeness (QED) is 0.506. The van der Waals surface area contributed by atoms with Crippen LogP contribution < -0.4 is 5.32 Å². The van der Waals surface area contributed by atoms with Gasteiger partial charge in [0.25, 0.3) is 5.91 Å². The van der Waals surface area contributed by atoms with Gasteiger partial charge in [-0.2, -0.15) is 0 Å². The first-order valence-corrected chi connectivity index (χ1v) is 6.90. The largest absolute Gasteiger partial charge is 0.507 e. The predicted octanol–water partition coefficient (Wildman–Crippen LogP) is 2.68. The topological polar surface area (TPSA) is 66.4 Å². The first kappa shape index (κ1) is 15.5. The molecule has 0 aromatic heterocycles. The number of carbonyl (C=O) groups is 2. The van der Waals surface area contributed by atoms with Crippen LogP contribution in [-0.4, -0.2) is 16.8 Å². The zero-order valence-corrected chi connectivity index (χ0v) is 12.2. The van der Waals surface area contributed by atoms with Crippen LogP contribution in [-0.2, 0) is 16.1 Å². The summed E-state index contributed by atoms with van der Waals surface area (Å²) in [6.45, 7) is 1.67. The van der Waals surface area contributed by atoms with Crippen LogP contribution in [0.4, 0.5) is 0 Å². The number of para-hydroxylation sites is 1. The second kappa shape index (κ2) is 7.22. The van der Waals surface area contributed by atoms with Gasteiger partial charge in [-0.25, -0.2) is 0 Å². The fraction of sp³-hybridized carbons (Fsp3) is 0.111. The van der Waals surface area contributed by atoms with Crippen molar-refractivity contribution < 1.29 is 14.7 Å². The summed E-state index contributed by atoms with van der Waals surface area (Å²) < 4.78 is 0. The van der Waals surface area contributed by atoms with Gasteiger partial charge in [-0.3, -0.25) is 9.59 Å². The van der Waals surface area contributed by atoms with Crippen LogP contribution in [0.3, 0.4) is 0 Å². The lowest BCUT2D eigenvalue weighted by atomic mass is 10.1. The molecule has 112 valence electrons. The molecule has 2 rings (SSSR count). The summed E-state index contributed by atoms with van der Waals surface area (Å²) in [6.07, 6.45) is 1.40. The van der Waals surface area contributed by atoms with Gasteiger partial charge in [0.05, 0.1) is 5.57 Å². The first-order valence-electron chi connectivity index (χ1n) is 6.90. The van der Waals surface area contributed by atoms with E-state index in [1.165, 1.54) is 19.1 Å². The minimum absolute atomic E-state index is 0.0115. The zero-order chi connectivity index (χ0) is 15.9. The molecule has 0 spiro atoms. The highest BCUT2D eigenvalue weighted by Gasteiger charge is 2.15. The highest BCUT2D eigenvalue weighted by atomic mass is 16.3. The SMILES string of the molecule is CC(=O)/C(=C/c1ccccc1O)C(=O)NCc1ccccc1. The molecule has 0 bridgehead atoms. The van der Waals surface area contributed by atoms with Gasteiger partial charge in [0.2, 0.25) is 0 Å². The highest BCUT2D eigenvalue weighted by molar-refractivity contribution is 6.21. The molecule has 0 unspecified atom stereocenters. The minimum atomic E-state index is -0.459. The Bertz CT molecular complexity index is 705. The second-order valence-corrected chi connectivity index (χ2v) is 4.84. The smallest absolute Gasteiger partial charge is 0.255 e. The summed E-state index contributed by atoms with van der Waals surface area (Å²) in [5.41, 5.74) is 1.39. The maximum atomic E-state index is 12.2. The number of benzene rings is 2. The van der Waals surface area contributed by atoms with E-state index in [1.54, 1.807) is 18.2 Å². The number of nitrogens with one attached hydrogen (secondary N) is 1. The van der Waals surface area contributed by atoms with E-state index in [9.17, 15) is 14.7 Å². The summed E-state index contributed by atoms with van der Waals surface area (Å²) in [4.78, 5) is 23.9. The molecule has 0 saturated carbocycles.